The maximum Gasteiger partial charge on any atom is 0.344 e. The summed E-state index contributed by atoms with van der Waals surface area (Å²) in [5, 5.41) is 0. The summed E-state index contributed by atoms with van der Waals surface area (Å²) in [5.74, 6) is -0.851. The van der Waals surface area contributed by atoms with Gasteiger partial charge in [0.25, 0.3) is 12.0 Å². The highest BCUT2D eigenvalue weighted by Gasteiger charge is 2.19. The molecule has 88 valence electrons. The van der Waals surface area contributed by atoms with Gasteiger partial charge in [-0.2, -0.15) is 0 Å². The molecule has 0 aromatic carbocycles. The van der Waals surface area contributed by atoms with E-state index >= 15 is 0 Å². The van der Waals surface area contributed by atoms with Crippen molar-refractivity contribution in [1.29, 1.82) is 0 Å². The Balaban J connectivity index is 3.23. The van der Waals surface area contributed by atoms with Gasteiger partial charge in [-0.05, 0) is 28.9 Å². The number of nitrogens with one attached hydrogen (secondary N) is 1. The number of rotatable bonds is 3. The molecular formula is C9H8BrF2NO3. The molecule has 4 nitrogen and oxygen atoms in total. The van der Waals surface area contributed by atoms with Crippen molar-refractivity contribution in [2.75, 3.05) is 6.61 Å². The van der Waals surface area contributed by atoms with Crippen LogP contribution in [0, 0.1) is 0 Å². The van der Waals surface area contributed by atoms with Gasteiger partial charge in [0.05, 0.1) is 12.3 Å². The normalized spacial score (nSPS) is 10.6. The highest BCUT2D eigenvalue weighted by molar-refractivity contribution is 9.10. The number of esters is 1. The zero-order valence-electron chi connectivity index (χ0n) is 8.22. The molecule has 0 radical (unpaired) electrons. The highest BCUT2D eigenvalue weighted by Crippen LogP contribution is 2.21. The van der Waals surface area contributed by atoms with Crippen molar-refractivity contribution < 1.29 is 18.3 Å². The zero-order valence-corrected chi connectivity index (χ0v) is 9.81. The smallest absolute Gasteiger partial charge is 0.344 e. The summed E-state index contributed by atoms with van der Waals surface area (Å²) in [5.41, 5.74) is -1.76. The molecule has 0 saturated heterocycles. The number of hydrogen-bond acceptors (Lipinski definition) is 3. The van der Waals surface area contributed by atoms with Gasteiger partial charge in [0.2, 0.25) is 0 Å². The van der Waals surface area contributed by atoms with Crippen LogP contribution in [0.2, 0.25) is 0 Å². The molecule has 0 aliphatic heterocycles. The number of H-pyrrole nitrogens is 1. The second-order valence-corrected chi connectivity index (χ2v) is 3.65. The van der Waals surface area contributed by atoms with Crippen molar-refractivity contribution in [1.82, 2.24) is 4.98 Å². The molecule has 0 atom stereocenters. The Morgan fingerprint density at radius 1 is 1.62 bits per heavy atom. The van der Waals surface area contributed by atoms with Gasteiger partial charge in [0.1, 0.15) is 5.56 Å². The number of hydrogen-bond donors (Lipinski definition) is 1. The van der Waals surface area contributed by atoms with Crippen LogP contribution in [0.4, 0.5) is 8.78 Å². The second kappa shape index (κ2) is 5.20. The Kier molecular flexibility index (Phi) is 4.17. The first-order valence-corrected chi connectivity index (χ1v) is 5.14. The van der Waals surface area contributed by atoms with Crippen LogP contribution < -0.4 is 5.56 Å². The fourth-order valence-corrected chi connectivity index (χ4v) is 1.65. The van der Waals surface area contributed by atoms with Crippen molar-refractivity contribution in [2.24, 2.45) is 0 Å². The number of halogens is 3. The van der Waals surface area contributed by atoms with Crippen LogP contribution in [-0.2, 0) is 4.74 Å². The van der Waals surface area contributed by atoms with Gasteiger partial charge in [-0.3, -0.25) is 4.79 Å². The van der Waals surface area contributed by atoms with Gasteiger partial charge in [0, 0.05) is 4.47 Å². The van der Waals surface area contributed by atoms with E-state index in [-0.39, 0.29) is 16.6 Å². The number of alkyl halides is 2. The molecule has 0 unspecified atom stereocenters. The first-order chi connectivity index (χ1) is 7.47. The molecule has 1 aromatic rings. The first kappa shape index (κ1) is 12.8. The monoisotopic (exact) mass is 295 g/mol. The lowest BCUT2D eigenvalue weighted by Gasteiger charge is -2.05. The van der Waals surface area contributed by atoms with E-state index in [9.17, 15) is 18.4 Å². The van der Waals surface area contributed by atoms with Crippen LogP contribution >= 0.6 is 15.9 Å². The number of carbonyl (C=O) groups is 1. The second-order valence-electron chi connectivity index (χ2n) is 2.80. The quantitative estimate of drug-likeness (QED) is 0.870. The number of carbonyl (C=O) groups excluding carboxylic acids is 1. The summed E-state index contributed by atoms with van der Waals surface area (Å²) < 4.78 is 29.2. The van der Waals surface area contributed by atoms with Crippen molar-refractivity contribution in [3.8, 4) is 0 Å². The topological polar surface area (TPSA) is 59.2 Å². The van der Waals surface area contributed by atoms with Gasteiger partial charge in [-0.1, -0.05) is 0 Å². The standard InChI is InChI=1S/C9H8BrF2NO3/c1-2-16-9(15)6-4(10)3-5(7(11)12)13-8(6)14/h3,7H,2H2,1H3,(H,13,14). The van der Waals surface area contributed by atoms with E-state index in [0.29, 0.717) is 0 Å². The molecule has 1 aromatic heterocycles. The summed E-state index contributed by atoms with van der Waals surface area (Å²) in [4.78, 5) is 24.6. The molecule has 1 heterocycles. The van der Waals surface area contributed by atoms with Crippen molar-refractivity contribution >= 4 is 21.9 Å². The molecule has 16 heavy (non-hydrogen) atoms. The summed E-state index contributed by atoms with van der Waals surface area (Å²) in [6.07, 6.45) is -2.81. The van der Waals surface area contributed by atoms with E-state index in [1.165, 1.54) is 0 Å². The maximum atomic E-state index is 12.3. The molecule has 0 fully saturated rings. The Labute approximate surface area is 97.7 Å². The van der Waals surface area contributed by atoms with E-state index in [0.717, 1.165) is 6.07 Å². The average molecular weight is 296 g/mol. The molecule has 0 spiro atoms. The van der Waals surface area contributed by atoms with Gasteiger partial charge in [0.15, 0.2) is 0 Å². The van der Waals surface area contributed by atoms with Gasteiger partial charge in [-0.25, -0.2) is 13.6 Å². The average Bonchev–Trinajstić information content (AvgIpc) is 2.16. The molecule has 0 aliphatic carbocycles. The molecule has 0 saturated carbocycles. The predicted octanol–water partition coefficient (Wildman–Crippen LogP) is 2.25. The fraction of sp³-hybridized carbons (Fsp3) is 0.333. The molecule has 1 rings (SSSR count). The predicted molar refractivity (Wildman–Crippen MR) is 55.7 cm³/mol. The molecule has 1 N–H and O–H groups in total. The third-order valence-corrected chi connectivity index (χ3v) is 2.35. The van der Waals surface area contributed by atoms with E-state index in [1.807, 2.05) is 4.98 Å². The lowest BCUT2D eigenvalue weighted by molar-refractivity contribution is 0.0522. The molecule has 0 bridgehead atoms. The molecule has 0 aliphatic rings. The van der Waals surface area contributed by atoms with Crippen LogP contribution in [0.15, 0.2) is 15.3 Å². The summed E-state index contributed by atoms with van der Waals surface area (Å²) in [6.45, 7) is 1.68. The van der Waals surface area contributed by atoms with E-state index < -0.39 is 23.6 Å². The fourth-order valence-electron chi connectivity index (χ4n) is 1.06. The highest BCUT2D eigenvalue weighted by atomic mass is 79.9. The Hall–Kier alpha value is -1.24. The number of ether oxygens (including phenoxy) is 1. The lowest BCUT2D eigenvalue weighted by atomic mass is 10.2. The lowest BCUT2D eigenvalue weighted by Crippen LogP contribution is -2.22. The third-order valence-electron chi connectivity index (χ3n) is 1.72. The Morgan fingerprint density at radius 2 is 2.25 bits per heavy atom. The van der Waals surface area contributed by atoms with E-state index in [2.05, 4.69) is 20.7 Å². The zero-order chi connectivity index (χ0) is 12.3. The maximum absolute atomic E-state index is 12.3. The summed E-state index contributed by atoms with van der Waals surface area (Å²) in [6, 6.07) is 0.984. The Morgan fingerprint density at radius 3 is 2.69 bits per heavy atom. The van der Waals surface area contributed by atoms with Crippen molar-refractivity contribution in [3.63, 3.8) is 0 Å². The van der Waals surface area contributed by atoms with Crippen molar-refractivity contribution in [3.05, 3.63) is 32.2 Å². The Bertz CT molecular complexity index is 459. The minimum absolute atomic E-state index is 0.00926. The van der Waals surface area contributed by atoms with Crippen molar-refractivity contribution in [2.45, 2.75) is 13.3 Å². The van der Waals surface area contributed by atoms with Crippen LogP contribution in [0.25, 0.3) is 0 Å². The van der Waals surface area contributed by atoms with Crippen LogP contribution in [0.5, 0.6) is 0 Å². The van der Waals surface area contributed by atoms with Crippen LogP contribution in [0.3, 0.4) is 0 Å². The summed E-state index contributed by atoms with van der Waals surface area (Å²) >= 11 is 2.88. The van der Waals surface area contributed by atoms with Gasteiger partial charge >= 0.3 is 5.97 Å². The molecular weight excluding hydrogens is 288 g/mol. The van der Waals surface area contributed by atoms with E-state index in [1.54, 1.807) is 6.92 Å². The number of aromatic amines is 1. The summed E-state index contributed by atoms with van der Waals surface area (Å²) in [7, 11) is 0. The largest absolute Gasteiger partial charge is 0.462 e. The molecule has 7 heteroatoms. The molecule has 0 amide bonds. The van der Waals surface area contributed by atoms with Crippen LogP contribution in [0.1, 0.15) is 29.4 Å². The number of aromatic nitrogens is 1. The minimum Gasteiger partial charge on any atom is -0.462 e. The van der Waals surface area contributed by atoms with E-state index in [4.69, 9.17) is 0 Å². The van der Waals surface area contributed by atoms with Gasteiger partial charge in [-0.15, -0.1) is 0 Å². The van der Waals surface area contributed by atoms with Gasteiger partial charge < -0.3 is 9.72 Å². The van der Waals surface area contributed by atoms with Crippen LogP contribution in [-0.4, -0.2) is 17.6 Å². The first-order valence-electron chi connectivity index (χ1n) is 4.35. The SMILES string of the molecule is CCOC(=O)c1c(Br)cc(C(F)F)[nH]c1=O. The number of pyridine rings is 1. The third kappa shape index (κ3) is 2.66. The minimum atomic E-state index is -2.81.